The number of nitrogens with one attached hydrogen (secondary N) is 2. The number of nitro groups is 1. The topological polar surface area (TPSA) is 93.0 Å². The Morgan fingerprint density at radius 1 is 0.812 bits per heavy atom. The average Bonchev–Trinajstić information content (AvgIpc) is 2.81. The molecule has 0 aliphatic rings. The third-order valence-corrected chi connectivity index (χ3v) is 4.73. The lowest BCUT2D eigenvalue weighted by molar-refractivity contribution is -0.383. The van der Waals surface area contributed by atoms with Gasteiger partial charge < -0.3 is 10.6 Å². The molecule has 0 aliphatic heterocycles. The molecular formula is C23H17F2N5O2. The molecule has 0 aliphatic carbocycles. The minimum absolute atomic E-state index is 0.0206. The quantitative estimate of drug-likeness (QED) is 0.291. The highest BCUT2D eigenvalue weighted by atomic mass is 19.2. The van der Waals surface area contributed by atoms with Gasteiger partial charge in [0.2, 0.25) is 11.6 Å². The number of rotatable bonds is 7. The molecule has 1 aromatic heterocycles. The summed E-state index contributed by atoms with van der Waals surface area (Å²) >= 11 is 0. The van der Waals surface area contributed by atoms with Gasteiger partial charge in [-0.1, -0.05) is 60.7 Å². The Labute approximate surface area is 181 Å². The van der Waals surface area contributed by atoms with Crippen molar-refractivity contribution in [3.63, 3.8) is 0 Å². The van der Waals surface area contributed by atoms with E-state index in [1.165, 1.54) is 6.07 Å². The summed E-state index contributed by atoms with van der Waals surface area (Å²) in [6.07, 6.45) is 1.16. The van der Waals surface area contributed by atoms with Crippen molar-refractivity contribution in [1.29, 1.82) is 0 Å². The number of nitrogens with zero attached hydrogens (tertiary/aromatic N) is 3. The Kier molecular flexibility index (Phi) is 5.98. The number of aromatic nitrogens is 2. The number of hydrogen-bond acceptors (Lipinski definition) is 6. The van der Waals surface area contributed by atoms with Crippen LogP contribution in [-0.4, -0.2) is 14.9 Å². The molecule has 0 saturated heterocycles. The predicted molar refractivity (Wildman–Crippen MR) is 117 cm³/mol. The second kappa shape index (κ2) is 9.17. The van der Waals surface area contributed by atoms with Crippen molar-refractivity contribution in [2.24, 2.45) is 0 Å². The Balaban J connectivity index is 1.74. The van der Waals surface area contributed by atoms with Crippen molar-refractivity contribution in [2.75, 3.05) is 10.6 Å². The molecule has 0 spiro atoms. The van der Waals surface area contributed by atoms with E-state index in [9.17, 15) is 18.9 Å². The lowest BCUT2D eigenvalue weighted by Crippen LogP contribution is -2.15. The standard InChI is InChI=1S/C23H17F2N5O2/c24-18-12-11-17(13-19(18)25)28-22-21(30(31)32)23(27-14-26-22)29-20(15-7-3-1-4-8-15)16-9-5-2-6-10-16/h1-14,20H,(H2,26,27,28,29). The Morgan fingerprint density at radius 2 is 1.41 bits per heavy atom. The van der Waals surface area contributed by atoms with E-state index in [4.69, 9.17) is 0 Å². The fourth-order valence-corrected chi connectivity index (χ4v) is 3.25. The summed E-state index contributed by atoms with van der Waals surface area (Å²) in [5, 5.41) is 17.7. The van der Waals surface area contributed by atoms with Crippen molar-refractivity contribution < 1.29 is 13.7 Å². The monoisotopic (exact) mass is 433 g/mol. The number of halogens is 2. The number of hydrogen-bond donors (Lipinski definition) is 2. The van der Waals surface area contributed by atoms with Gasteiger partial charge in [-0.15, -0.1) is 0 Å². The zero-order chi connectivity index (χ0) is 22.5. The predicted octanol–water partition coefficient (Wildman–Crippen LogP) is 5.61. The maximum Gasteiger partial charge on any atom is 0.353 e. The van der Waals surface area contributed by atoms with Crippen LogP contribution < -0.4 is 10.6 Å². The number of anilines is 3. The highest BCUT2D eigenvalue weighted by Gasteiger charge is 2.26. The van der Waals surface area contributed by atoms with Crippen LogP contribution in [0.5, 0.6) is 0 Å². The molecule has 0 saturated carbocycles. The first-order chi connectivity index (χ1) is 15.5. The van der Waals surface area contributed by atoms with Crippen molar-refractivity contribution in [2.45, 2.75) is 6.04 Å². The van der Waals surface area contributed by atoms with Crippen molar-refractivity contribution in [1.82, 2.24) is 9.97 Å². The van der Waals surface area contributed by atoms with Crippen LogP contribution in [-0.2, 0) is 0 Å². The van der Waals surface area contributed by atoms with Gasteiger partial charge >= 0.3 is 5.69 Å². The molecule has 0 unspecified atom stereocenters. The molecule has 4 rings (SSSR count). The van der Waals surface area contributed by atoms with E-state index in [0.29, 0.717) is 0 Å². The fraction of sp³-hybridized carbons (Fsp3) is 0.0435. The molecule has 0 atom stereocenters. The molecule has 3 aromatic carbocycles. The number of benzene rings is 3. The van der Waals surface area contributed by atoms with Gasteiger partial charge in [-0.3, -0.25) is 10.1 Å². The van der Waals surface area contributed by atoms with Crippen molar-refractivity contribution in [3.05, 3.63) is 118 Å². The van der Waals surface area contributed by atoms with Crippen LogP contribution in [0, 0.1) is 21.7 Å². The summed E-state index contributed by atoms with van der Waals surface area (Å²) in [6.45, 7) is 0. The summed E-state index contributed by atoms with van der Waals surface area (Å²) in [5.74, 6) is -2.28. The lowest BCUT2D eigenvalue weighted by atomic mass is 9.99. The minimum atomic E-state index is -1.08. The fourth-order valence-electron chi connectivity index (χ4n) is 3.25. The van der Waals surface area contributed by atoms with Gasteiger partial charge in [0.15, 0.2) is 11.6 Å². The van der Waals surface area contributed by atoms with Gasteiger partial charge in [0, 0.05) is 11.8 Å². The van der Waals surface area contributed by atoms with E-state index >= 15 is 0 Å². The second-order valence-electron chi connectivity index (χ2n) is 6.83. The molecule has 7 nitrogen and oxygen atoms in total. The SMILES string of the molecule is O=[N+]([O-])c1c(Nc2ccc(F)c(F)c2)ncnc1NC(c1ccccc1)c1ccccc1. The summed E-state index contributed by atoms with van der Waals surface area (Å²) in [6, 6.07) is 21.5. The van der Waals surface area contributed by atoms with Gasteiger partial charge in [-0.25, -0.2) is 18.7 Å². The minimum Gasteiger partial charge on any atom is -0.353 e. The largest absolute Gasteiger partial charge is 0.353 e. The molecule has 32 heavy (non-hydrogen) atoms. The van der Waals surface area contributed by atoms with Crippen LogP contribution >= 0.6 is 0 Å². The van der Waals surface area contributed by atoms with Crippen LogP contribution in [0.3, 0.4) is 0 Å². The van der Waals surface area contributed by atoms with E-state index in [1.807, 2.05) is 60.7 Å². The van der Waals surface area contributed by atoms with Gasteiger partial charge in [0.25, 0.3) is 0 Å². The van der Waals surface area contributed by atoms with Crippen molar-refractivity contribution >= 4 is 23.0 Å². The molecule has 4 aromatic rings. The van der Waals surface area contributed by atoms with Gasteiger partial charge in [-0.05, 0) is 23.3 Å². The molecule has 0 bridgehead atoms. The lowest BCUT2D eigenvalue weighted by Gasteiger charge is -2.20. The molecule has 0 fully saturated rings. The Bertz CT molecular complexity index is 1200. The molecule has 1 heterocycles. The van der Waals surface area contributed by atoms with Crippen molar-refractivity contribution in [3.8, 4) is 0 Å². The smallest absolute Gasteiger partial charge is 0.353 e. The van der Waals surface area contributed by atoms with E-state index in [0.717, 1.165) is 29.6 Å². The first kappa shape index (κ1) is 20.9. The summed E-state index contributed by atoms with van der Waals surface area (Å²) < 4.78 is 26.8. The first-order valence-electron chi connectivity index (χ1n) is 9.61. The highest BCUT2D eigenvalue weighted by Crippen LogP contribution is 2.35. The first-order valence-corrected chi connectivity index (χ1v) is 9.61. The summed E-state index contributed by atoms with van der Waals surface area (Å²) in [5.41, 5.74) is 1.44. The Morgan fingerprint density at radius 3 is 1.97 bits per heavy atom. The van der Waals surface area contributed by atoms with Gasteiger partial charge in [0.1, 0.15) is 6.33 Å². The molecule has 0 amide bonds. The van der Waals surface area contributed by atoms with Gasteiger partial charge in [-0.2, -0.15) is 0 Å². The second-order valence-corrected chi connectivity index (χ2v) is 6.83. The van der Waals surface area contributed by atoms with Crippen LogP contribution in [0.4, 0.5) is 31.8 Å². The van der Waals surface area contributed by atoms with Gasteiger partial charge in [0.05, 0.1) is 11.0 Å². The Hall–Kier alpha value is -4.40. The molecule has 160 valence electrons. The zero-order valence-corrected chi connectivity index (χ0v) is 16.6. The molecule has 2 N–H and O–H groups in total. The zero-order valence-electron chi connectivity index (χ0n) is 16.6. The van der Waals surface area contributed by atoms with Crippen LogP contribution in [0.15, 0.2) is 85.2 Å². The third-order valence-electron chi connectivity index (χ3n) is 4.73. The maximum atomic E-state index is 13.6. The summed E-state index contributed by atoms with van der Waals surface area (Å²) in [4.78, 5) is 19.3. The molecule has 9 heteroatoms. The maximum absolute atomic E-state index is 13.6. The van der Waals surface area contributed by atoms with Crippen LogP contribution in [0.2, 0.25) is 0 Å². The molecular weight excluding hydrogens is 416 g/mol. The average molecular weight is 433 g/mol. The van der Waals surface area contributed by atoms with E-state index in [-0.39, 0.29) is 17.3 Å². The van der Waals surface area contributed by atoms with E-state index in [1.54, 1.807) is 0 Å². The van der Waals surface area contributed by atoms with E-state index in [2.05, 4.69) is 20.6 Å². The third kappa shape index (κ3) is 4.51. The normalized spacial score (nSPS) is 10.7. The highest BCUT2D eigenvalue weighted by molar-refractivity contribution is 5.74. The molecule has 0 radical (unpaired) electrons. The van der Waals surface area contributed by atoms with Crippen LogP contribution in [0.1, 0.15) is 17.2 Å². The summed E-state index contributed by atoms with van der Waals surface area (Å²) in [7, 11) is 0. The van der Waals surface area contributed by atoms with E-state index < -0.39 is 28.3 Å². The van der Waals surface area contributed by atoms with Crippen LogP contribution in [0.25, 0.3) is 0 Å².